The Hall–Kier alpha value is -1.54. The fourth-order valence-corrected chi connectivity index (χ4v) is 4.59. The number of rotatable bonds is 2. The molecule has 2 nitrogen and oxygen atoms in total. The fraction of sp³-hybridized carbons (Fsp3) is 0.500. The first-order chi connectivity index (χ1) is 10.8. The lowest BCUT2D eigenvalue weighted by atomic mass is 9.96. The van der Waals surface area contributed by atoms with Crippen LogP contribution < -0.4 is 4.90 Å². The predicted octanol–water partition coefficient (Wildman–Crippen LogP) is 4.60. The van der Waals surface area contributed by atoms with Gasteiger partial charge in [0.15, 0.2) is 0 Å². The van der Waals surface area contributed by atoms with Crippen molar-refractivity contribution in [3.8, 4) is 0 Å². The van der Waals surface area contributed by atoms with Crippen LogP contribution >= 0.6 is 0 Å². The van der Waals surface area contributed by atoms with Gasteiger partial charge in [0.05, 0.1) is 0 Å². The second-order valence-corrected chi connectivity index (χ2v) is 7.09. The monoisotopic (exact) mass is 294 g/mol. The van der Waals surface area contributed by atoms with Crippen LogP contribution in [0, 0.1) is 0 Å². The Bertz CT molecular complexity index is 676. The van der Waals surface area contributed by atoms with E-state index in [1.54, 1.807) is 5.56 Å². The Balaban J connectivity index is 1.80. The molecule has 2 aromatic rings. The minimum atomic E-state index is 0.631. The highest BCUT2D eigenvalue weighted by atomic mass is 15.2. The molecule has 2 fully saturated rings. The van der Waals surface area contributed by atoms with E-state index in [9.17, 15) is 0 Å². The van der Waals surface area contributed by atoms with Crippen molar-refractivity contribution in [2.75, 3.05) is 25.5 Å². The van der Waals surface area contributed by atoms with E-state index in [0.29, 0.717) is 6.04 Å². The second kappa shape index (κ2) is 5.58. The first-order valence-electron chi connectivity index (χ1n) is 8.70. The first kappa shape index (κ1) is 14.1. The van der Waals surface area contributed by atoms with Crippen molar-refractivity contribution in [1.29, 1.82) is 0 Å². The van der Waals surface area contributed by atoms with Gasteiger partial charge in [-0.25, -0.2) is 0 Å². The van der Waals surface area contributed by atoms with Gasteiger partial charge in [-0.2, -0.15) is 0 Å². The van der Waals surface area contributed by atoms with E-state index in [1.165, 1.54) is 55.1 Å². The lowest BCUT2D eigenvalue weighted by Crippen LogP contribution is -2.35. The zero-order valence-electron chi connectivity index (χ0n) is 13.8. The molecule has 0 aromatic heterocycles. The van der Waals surface area contributed by atoms with Crippen LogP contribution in [0.2, 0.25) is 0 Å². The highest BCUT2D eigenvalue weighted by Crippen LogP contribution is 2.43. The highest BCUT2D eigenvalue weighted by molar-refractivity contribution is 5.96. The summed E-state index contributed by atoms with van der Waals surface area (Å²) < 4.78 is 0. The number of anilines is 1. The third-order valence-corrected chi connectivity index (χ3v) is 5.62. The zero-order valence-corrected chi connectivity index (χ0v) is 13.8. The Morgan fingerprint density at radius 2 is 1.73 bits per heavy atom. The van der Waals surface area contributed by atoms with Crippen LogP contribution in [-0.2, 0) is 0 Å². The predicted molar refractivity (Wildman–Crippen MR) is 94.6 cm³/mol. The fourth-order valence-electron chi connectivity index (χ4n) is 4.59. The molecule has 0 N–H and O–H groups in total. The average molecular weight is 294 g/mol. The van der Waals surface area contributed by atoms with Gasteiger partial charge in [0.1, 0.15) is 0 Å². The Labute approximate surface area is 133 Å². The van der Waals surface area contributed by atoms with Gasteiger partial charge in [-0.15, -0.1) is 0 Å². The van der Waals surface area contributed by atoms with Crippen LogP contribution in [0.25, 0.3) is 10.8 Å². The smallest absolute Gasteiger partial charge is 0.0440 e. The summed E-state index contributed by atoms with van der Waals surface area (Å²) >= 11 is 0. The highest BCUT2D eigenvalue weighted by Gasteiger charge is 2.36. The molecule has 0 radical (unpaired) electrons. The van der Waals surface area contributed by atoms with Gasteiger partial charge in [-0.3, -0.25) is 4.90 Å². The number of piperidine rings is 1. The van der Waals surface area contributed by atoms with Crippen LogP contribution in [-0.4, -0.2) is 31.6 Å². The standard InChI is InChI=1S/C20H26N2/c1-21(2)19-11-6-8-16-17(19)9-5-10-18(16)20-13-12-15-7-3-4-14-22(15)20/h5-6,8-11,15,20H,3-4,7,12-14H2,1-2H3/t15-,20-/m1/s1. The van der Waals surface area contributed by atoms with Crippen molar-refractivity contribution in [2.45, 2.75) is 44.2 Å². The summed E-state index contributed by atoms with van der Waals surface area (Å²) in [6.45, 7) is 1.29. The molecule has 2 atom stereocenters. The molecule has 2 saturated heterocycles. The molecule has 116 valence electrons. The number of hydrogen-bond donors (Lipinski definition) is 0. The van der Waals surface area contributed by atoms with Gasteiger partial charge in [-0.05, 0) is 49.2 Å². The van der Waals surface area contributed by atoms with Gasteiger partial charge < -0.3 is 4.90 Å². The van der Waals surface area contributed by atoms with Gasteiger partial charge in [0, 0.05) is 37.3 Å². The second-order valence-electron chi connectivity index (χ2n) is 7.09. The van der Waals surface area contributed by atoms with Crippen LogP contribution in [0.4, 0.5) is 5.69 Å². The molecule has 0 bridgehead atoms. The van der Waals surface area contributed by atoms with E-state index < -0.39 is 0 Å². The molecule has 22 heavy (non-hydrogen) atoms. The normalized spacial score (nSPS) is 25.4. The van der Waals surface area contributed by atoms with E-state index >= 15 is 0 Å². The van der Waals surface area contributed by atoms with E-state index in [1.807, 2.05) is 0 Å². The van der Waals surface area contributed by atoms with E-state index in [4.69, 9.17) is 0 Å². The average Bonchev–Trinajstić information content (AvgIpc) is 2.97. The van der Waals surface area contributed by atoms with Crippen LogP contribution in [0.1, 0.15) is 43.7 Å². The summed E-state index contributed by atoms with van der Waals surface area (Å²) in [6.07, 6.45) is 6.92. The molecule has 2 heteroatoms. The third-order valence-electron chi connectivity index (χ3n) is 5.62. The number of nitrogens with zero attached hydrogens (tertiary/aromatic N) is 2. The van der Waals surface area contributed by atoms with Gasteiger partial charge in [-0.1, -0.05) is 36.8 Å². The summed E-state index contributed by atoms with van der Waals surface area (Å²) in [5.74, 6) is 0. The summed E-state index contributed by atoms with van der Waals surface area (Å²) in [7, 11) is 4.27. The van der Waals surface area contributed by atoms with Crippen molar-refractivity contribution < 1.29 is 0 Å². The maximum absolute atomic E-state index is 2.79. The van der Waals surface area contributed by atoms with Crippen LogP contribution in [0.5, 0.6) is 0 Å². The minimum absolute atomic E-state index is 0.631. The maximum Gasteiger partial charge on any atom is 0.0440 e. The van der Waals surface area contributed by atoms with Crippen molar-refractivity contribution >= 4 is 16.5 Å². The van der Waals surface area contributed by atoms with Crippen LogP contribution in [0.15, 0.2) is 36.4 Å². The molecule has 2 aromatic carbocycles. The summed E-state index contributed by atoms with van der Waals surface area (Å²) in [5, 5.41) is 2.84. The molecule has 4 rings (SSSR count). The molecule has 2 aliphatic heterocycles. The number of fused-ring (bicyclic) bond motifs is 2. The Morgan fingerprint density at radius 3 is 2.59 bits per heavy atom. The van der Waals surface area contributed by atoms with Crippen LogP contribution in [0.3, 0.4) is 0 Å². The molecule has 2 heterocycles. The van der Waals surface area contributed by atoms with Gasteiger partial charge in [0.25, 0.3) is 0 Å². The summed E-state index contributed by atoms with van der Waals surface area (Å²) in [6, 6.07) is 15.1. The van der Waals surface area contributed by atoms with Gasteiger partial charge in [0.2, 0.25) is 0 Å². The topological polar surface area (TPSA) is 6.48 Å². The quantitative estimate of drug-likeness (QED) is 0.799. The minimum Gasteiger partial charge on any atom is -0.377 e. The molecule has 2 aliphatic rings. The first-order valence-corrected chi connectivity index (χ1v) is 8.70. The lowest BCUT2D eigenvalue weighted by Gasteiger charge is -2.34. The van der Waals surface area contributed by atoms with Crippen molar-refractivity contribution in [3.63, 3.8) is 0 Å². The number of benzene rings is 2. The van der Waals surface area contributed by atoms with E-state index in [2.05, 4.69) is 60.3 Å². The lowest BCUT2D eigenvalue weighted by molar-refractivity contribution is 0.150. The molecule has 0 spiro atoms. The molecule has 0 unspecified atom stereocenters. The summed E-state index contributed by atoms with van der Waals surface area (Å²) in [5.41, 5.74) is 2.87. The molecular formula is C20H26N2. The SMILES string of the molecule is CN(C)c1cccc2c([C@H]3CC[C@H]4CCCCN43)cccc12. The largest absolute Gasteiger partial charge is 0.377 e. The van der Waals surface area contributed by atoms with Crippen molar-refractivity contribution in [3.05, 3.63) is 42.0 Å². The van der Waals surface area contributed by atoms with E-state index in [-0.39, 0.29) is 0 Å². The summed E-state index contributed by atoms with van der Waals surface area (Å²) in [4.78, 5) is 5.02. The van der Waals surface area contributed by atoms with Gasteiger partial charge >= 0.3 is 0 Å². The molecule has 0 aliphatic carbocycles. The van der Waals surface area contributed by atoms with Crippen molar-refractivity contribution in [2.24, 2.45) is 0 Å². The molecular weight excluding hydrogens is 268 g/mol. The zero-order chi connectivity index (χ0) is 15.1. The Morgan fingerprint density at radius 1 is 0.909 bits per heavy atom. The Kier molecular flexibility index (Phi) is 3.57. The van der Waals surface area contributed by atoms with E-state index in [0.717, 1.165) is 6.04 Å². The number of hydrogen-bond acceptors (Lipinski definition) is 2. The molecule has 0 amide bonds. The maximum atomic E-state index is 2.79. The molecule has 0 saturated carbocycles. The third kappa shape index (κ3) is 2.21. The van der Waals surface area contributed by atoms with Crippen molar-refractivity contribution in [1.82, 2.24) is 4.90 Å².